The normalized spacial score (nSPS) is 21.5. The van der Waals surface area contributed by atoms with Crippen molar-refractivity contribution in [2.24, 2.45) is 4.99 Å². The van der Waals surface area contributed by atoms with Crippen LogP contribution in [0.2, 0.25) is 18.1 Å². The number of nitrogens with one attached hydrogen (secondary N) is 1. The summed E-state index contributed by atoms with van der Waals surface area (Å²) in [5, 5.41) is -0.925. The summed E-state index contributed by atoms with van der Waals surface area (Å²) in [6.45, 7) is 14.6. The summed E-state index contributed by atoms with van der Waals surface area (Å²) in [7, 11) is -5.91. The minimum absolute atomic E-state index is 0.0283. The van der Waals surface area contributed by atoms with Gasteiger partial charge in [0.25, 0.3) is 6.02 Å². The number of nitrogens with zero attached hydrogens (tertiary/aromatic N) is 1. The smallest absolute Gasteiger partial charge is 0.299 e. The van der Waals surface area contributed by atoms with Gasteiger partial charge in [0.2, 0.25) is 10.0 Å². The zero-order valence-corrected chi connectivity index (χ0v) is 25.3. The fraction of sp³-hybridized carbons (Fsp3) is 0.500. The van der Waals surface area contributed by atoms with Gasteiger partial charge in [0.1, 0.15) is 16.7 Å². The lowest BCUT2D eigenvalue weighted by atomic mass is 9.97. The van der Waals surface area contributed by atoms with Crippen molar-refractivity contribution in [3.8, 4) is 0 Å². The molecule has 0 bridgehead atoms. The van der Waals surface area contributed by atoms with E-state index in [1.165, 1.54) is 6.07 Å². The zero-order valence-electron chi connectivity index (χ0n) is 21.9. The van der Waals surface area contributed by atoms with E-state index in [1.54, 1.807) is 56.3 Å². The van der Waals surface area contributed by atoms with E-state index in [4.69, 9.17) is 9.16 Å². The van der Waals surface area contributed by atoms with E-state index in [0.717, 1.165) is 4.47 Å². The minimum atomic E-state index is -3.89. The van der Waals surface area contributed by atoms with Gasteiger partial charge in [-0.1, -0.05) is 67.0 Å². The maximum atomic E-state index is 14.8. The molecular formula is C26H36BrFN2O4SSi. The molecule has 0 aliphatic carbocycles. The molecule has 1 fully saturated rings. The van der Waals surface area contributed by atoms with Crippen LogP contribution in [-0.2, 0) is 19.2 Å². The first-order valence-corrected chi connectivity index (χ1v) is 17.2. The SMILES string of the molecule is CC1(C)OC(=NC(CCO[Si](C)(C)C(C)(C)C)c2ccccc2F)NS(=O)(=O)C1c1ccc(Br)cc1. The van der Waals surface area contributed by atoms with Crippen LogP contribution in [0.4, 0.5) is 4.39 Å². The Labute approximate surface area is 224 Å². The molecule has 3 rings (SSSR count). The predicted octanol–water partition coefficient (Wildman–Crippen LogP) is 6.87. The Morgan fingerprint density at radius 1 is 1.17 bits per heavy atom. The molecule has 0 aromatic heterocycles. The standard InChI is InChI=1S/C26H36BrFN2O4SSi/c1-25(2,3)36(6,7)33-17-16-22(20-10-8-9-11-21(20)28)29-24-30-35(31,32)23(26(4,5)34-24)18-12-14-19(27)15-13-18/h8-15,22-23H,16-17H2,1-7H3,(H,29,30). The number of halogens is 2. The fourth-order valence-electron chi connectivity index (χ4n) is 3.97. The number of aliphatic imine (C=N–C) groups is 1. The summed E-state index contributed by atoms with van der Waals surface area (Å²) < 4.78 is 57.2. The molecule has 0 saturated carbocycles. The molecule has 0 radical (unpaired) electrons. The minimum Gasteiger partial charge on any atom is -0.457 e. The molecular weight excluding hydrogens is 563 g/mol. The molecule has 1 aliphatic heterocycles. The molecule has 0 spiro atoms. The van der Waals surface area contributed by atoms with Crippen molar-refractivity contribution in [2.45, 2.75) is 76.1 Å². The Bertz CT molecular complexity index is 1210. The second kappa shape index (κ2) is 10.5. The lowest BCUT2D eigenvalue weighted by molar-refractivity contribution is 0.0758. The molecule has 1 heterocycles. The van der Waals surface area contributed by atoms with Crippen LogP contribution in [0.25, 0.3) is 0 Å². The highest BCUT2D eigenvalue weighted by atomic mass is 79.9. The highest BCUT2D eigenvalue weighted by molar-refractivity contribution is 9.10. The molecule has 1 aliphatic rings. The maximum absolute atomic E-state index is 14.8. The van der Waals surface area contributed by atoms with E-state index in [1.807, 2.05) is 0 Å². The lowest BCUT2D eigenvalue weighted by Crippen LogP contribution is -2.53. The topological polar surface area (TPSA) is 77.0 Å². The Morgan fingerprint density at radius 2 is 1.78 bits per heavy atom. The second-order valence-electron chi connectivity index (χ2n) is 11.2. The van der Waals surface area contributed by atoms with Gasteiger partial charge in [-0.15, -0.1) is 0 Å². The Kier molecular flexibility index (Phi) is 8.44. The first kappa shape index (κ1) is 28.8. The second-order valence-corrected chi connectivity index (χ2v) is 18.6. The zero-order chi connectivity index (χ0) is 26.9. The maximum Gasteiger partial charge on any atom is 0.299 e. The van der Waals surface area contributed by atoms with Crippen LogP contribution in [0.1, 0.15) is 63.5 Å². The molecule has 2 unspecified atom stereocenters. The Balaban J connectivity index is 1.92. The monoisotopic (exact) mass is 598 g/mol. The first-order chi connectivity index (χ1) is 16.5. The van der Waals surface area contributed by atoms with Gasteiger partial charge in [-0.05, 0) is 62.2 Å². The van der Waals surface area contributed by atoms with Gasteiger partial charge >= 0.3 is 0 Å². The summed E-state index contributed by atoms with van der Waals surface area (Å²) in [5.74, 6) is -0.412. The van der Waals surface area contributed by atoms with Crippen molar-refractivity contribution < 1.29 is 22.0 Å². The van der Waals surface area contributed by atoms with Gasteiger partial charge in [0.05, 0.1) is 6.04 Å². The third kappa shape index (κ3) is 6.57. The molecule has 2 atom stereocenters. The number of hydrogen-bond donors (Lipinski definition) is 1. The van der Waals surface area contributed by atoms with Crippen LogP contribution in [0.5, 0.6) is 0 Å². The third-order valence-corrected chi connectivity index (χ3v) is 13.9. The largest absolute Gasteiger partial charge is 0.457 e. The van der Waals surface area contributed by atoms with Crippen molar-refractivity contribution in [3.63, 3.8) is 0 Å². The number of benzene rings is 2. The van der Waals surface area contributed by atoms with Crippen molar-refractivity contribution >= 4 is 40.3 Å². The van der Waals surface area contributed by atoms with Crippen LogP contribution < -0.4 is 4.72 Å². The number of hydrogen-bond acceptors (Lipinski definition) is 5. The van der Waals surface area contributed by atoms with Crippen molar-refractivity contribution in [3.05, 3.63) is 69.9 Å². The molecule has 2 aromatic carbocycles. The number of ether oxygens (including phenoxy) is 1. The number of rotatable bonds is 7. The molecule has 36 heavy (non-hydrogen) atoms. The predicted molar refractivity (Wildman–Crippen MR) is 148 cm³/mol. The van der Waals surface area contributed by atoms with Gasteiger partial charge in [0, 0.05) is 16.6 Å². The van der Waals surface area contributed by atoms with Crippen molar-refractivity contribution in [1.29, 1.82) is 0 Å². The number of amidine groups is 1. The Morgan fingerprint density at radius 3 is 2.33 bits per heavy atom. The average molecular weight is 600 g/mol. The summed E-state index contributed by atoms with van der Waals surface area (Å²) in [5.41, 5.74) is -0.156. The average Bonchev–Trinajstić information content (AvgIpc) is 2.72. The van der Waals surface area contributed by atoms with Crippen molar-refractivity contribution in [2.75, 3.05) is 6.61 Å². The number of sulfonamides is 1. The fourth-order valence-corrected chi connectivity index (χ4v) is 7.06. The van der Waals surface area contributed by atoms with Crippen LogP contribution in [0, 0.1) is 5.82 Å². The summed E-state index contributed by atoms with van der Waals surface area (Å²) in [4.78, 5) is 4.57. The molecule has 1 N–H and O–H groups in total. The van der Waals surface area contributed by atoms with E-state index in [9.17, 15) is 12.8 Å². The van der Waals surface area contributed by atoms with Gasteiger partial charge in [-0.3, -0.25) is 0 Å². The highest BCUT2D eigenvalue weighted by Crippen LogP contribution is 2.40. The highest BCUT2D eigenvalue weighted by Gasteiger charge is 2.48. The van der Waals surface area contributed by atoms with Gasteiger partial charge in [-0.2, -0.15) is 0 Å². The van der Waals surface area contributed by atoms with Crippen LogP contribution in [0.15, 0.2) is 58.0 Å². The third-order valence-electron chi connectivity index (χ3n) is 6.90. The van der Waals surface area contributed by atoms with E-state index >= 15 is 0 Å². The summed E-state index contributed by atoms with van der Waals surface area (Å²) in [6, 6.07) is 12.6. The van der Waals surface area contributed by atoms with Gasteiger partial charge < -0.3 is 9.16 Å². The van der Waals surface area contributed by atoms with Crippen molar-refractivity contribution in [1.82, 2.24) is 4.72 Å². The van der Waals surface area contributed by atoms with Gasteiger partial charge in [-0.25, -0.2) is 22.5 Å². The van der Waals surface area contributed by atoms with Crippen LogP contribution >= 0.6 is 15.9 Å². The van der Waals surface area contributed by atoms with Gasteiger partial charge in [0.15, 0.2) is 8.32 Å². The first-order valence-electron chi connectivity index (χ1n) is 12.0. The summed E-state index contributed by atoms with van der Waals surface area (Å²) in [6.07, 6.45) is 0.374. The lowest BCUT2D eigenvalue weighted by Gasteiger charge is -2.39. The molecule has 2 aromatic rings. The molecule has 10 heteroatoms. The molecule has 1 saturated heterocycles. The quantitative estimate of drug-likeness (QED) is 0.353. The molecule has 6 nitrogen and oxygen atoms in total. The van der Waals surface area contributed by atoms with E-state index in [0.29, 0.717) is 24.2 Å². The van der Waals surface area contributed by atoms with Crippen LogP contribution in [-0.4, -0.2) is 35.0 Å². The van der Waals surface area contributed by atoms with E-state index < -0.39 is 41.1 Å². The summed E-state index contributed by atoms with van der Waals surface area (Å²) >= 11 is 3.38. The molecule has 0 amide bonds. The Hall–Kier alpha value is -1.75. The van der Waals surface area contributed by atoms with E-state index in [-0.39, 0.29) is 11.1 Å². The van der Waals surface area contributed by atoms with Crippen LogP contribution in [0.3, 0.4) is 0 Å². The van der Waals surface area contributed by atoms with E-state index in [2.05, 4.69) is 59.5 Å². The molecule has 198 valence electrons.